The Bertz CT molecular complexity index is 2190. The first-order valence-electron chi connectivity index (χ1n) is 16.7. The second kappa shape index (κ2) is 13.3. The van der Waals surface area contributed by atoms with Crippen molar-refractivity contribution in [2.75, 3.05) is 0 Å². The van der Waals surface area contributed by atoms with E-state index in [0.29, 0.717) is 0 Å². The van der Waals surface area contributed by atoms with Crippen molar-refractivity contribution in [1.82, 2.24) is 19.8 Å². The quantitative estimate of drug-likeness (QED) is 0.176. The van der Waals surface area contributed by atoms with Crippen LogP contribution in [0.15, 0.2) is 134 Å². The summed E-state index contributed by atoms with van der Waals surface area (Å²) in [4.78, 5) is 0. The maximum absolute atomic E-state index is 4.29. The number of rotatable bonds is 8. The van der Waals surface area contributed by atoms with Crippen LogP contribution in [0.4, 0.5) is 0 Å². The number of aryl methyl sites for hydroxylation is 2. The molecule has 0 saturated heterocycles. The van der Waals surface area contributed by atoms with Crippen molar-refractivity contribution in [1.29, 1.82) is 0 Å². The summed E-state index contributed by atoms with van der Waals surface area (Å²) in [5.74, 6) is 0. The molecule has 0 amide bonds. The highest BCUT2D eigenvalue weighted by molar-refractivity contribution is 5.95. The lowest BCUT2D eigenvalue weighted by atomic mass is 9.98. The maximum atomic E-state index is 4.29. The molecule has 4 nitrogen and oxygen atoms in total. The van der Waals surface area contributed by atoms with Crippen LogP contribution in [-0.2, 0) is 0 Å². The third-order valence-electron chi connectivity index (χ3n) is 9.23. The Morgan fingerprint density at radius 1 is 0.688 bits per heavy atom. The summed E-state index contributed by atoms with van der Waals surface area (Å²) in [6.45, 7) is 12.8. The van der Waals surface area contributed by atoms with E-state index in [2.05, 4.69) is 194 Å². The molecule has 0 radical (unpaired) electrons. The molecule has 3 heterocycles. The fourth-order valence-electron chi connectivity index (χ4n) is 7.14. The topological polar surface area (TPSA) is 33.9 Å². The van der Waals surface area contributed by atoms with Crippen LogP contribution >= 0.6 is 0 Å². The predicted octanol–water partition coefficient (Wildman–Crippen LogP) is 10.7. The Labute approximate surface area is 284 Å². The molecule has 2 atom stereocenters. The molecule has 1 aliphatic rings. The summed E-state index contributed by atoms with van der Waals surface area (Å²) in [6.07, 6.45) is 12.9. The van der Waals surface area contributed by atoms with E-state index in [0.717, 1.165) is 33.8 Å². The van der Waals surface area contributed by atoms with Crippen molar-refractivity contribution < 1.29 is 0 Å². The van der Waals surface area contributed by atoms with E-state index in [1.165, 1.54) is 39.0 Å². The molecule has 4 heteroatoms. The van der Waals surface area contributed by atoms with Crippen molar-refractivity contribution in [2.24, 2.45) is 0 Å². The molecule has 238 valence electrons. The van der Waals surface area contributed by atoms with Crippen LogP contribution in [0.25, 0.3) is 46.2 Å². The van der Waals surface area contributed by atoms with Gasteiger partial charge in [-0.25, -0.2) is 0 Å². The van der Waals surface area contributed by atoms with Crippen molar-refractivity contribution in [3.63, 3.8) is 0 Å². The van der Waals surface area contributed by atoms with Crippen LogP contribution in [0.5, 0.6) is 0 Å². The Balaban J connectivity index is 1.50. The molecule has 6 aromatic rings. The van der Waals surface area contributed by atoms with Crippen LogP contribution in [-0.4, -0.2) is 9.13 Å². The van der Waals surface area contributed by atoms with Gasteiger partial charge in [-0.15, -0.1) is 0 Å². The molecular weight excluding hydrogens is 585 g/mol. The van der Waals surface area contributed by atoms with Gasteiger partial charge in [0.15, 0.2) is 0 Å². The molecule has 4 aromatic carbocycles. The van der Waals surface area contributed by atoms with Crippen LogP contribution in [0, 0.1) is 13.8 Å². The Kier molecular flexibility index (Phi) is 8.58. The summed E-state index contributed by atoms with van der Waals surface area (Å²) in [7, 11) is 0. The van der Waals surface area contributed by atoms with E-state index >= 15 is 0 Å². The van der Waals surface area contributed by atoms with Gasteiger partial charge in [0.2, 0.25) is 0 Å². The summed E-state index contributed by atoms with van der Waals surface area (Å²) < 4.78 is 4.73. The molecule has 1 aliphatic heterocycles. The smallest absolute Gasteiger partial charge is 0.104 e. The Hall–Kier alpha value is -5.58. The first kappa shape index (κ1) is 31.0. The first-order chi connectivity index (χ1) is 23.5. The van der Waals surface area contributed by atoms with E-state index in [1.54, 1.807) is 0 Å². The minimum absolute atomic E-state index is 0.0198. The van der Waals surface area contributed by atoms with Gasteiger partial charge in [0, 0.05) is 45.0 Å². The first-order valence-corrected chi connectivity index (χ1v) is 16.7. The SMILES string of the molecule is C=Cc1c(/C=C\C)c2ccccc2n1-c1cc(C2=CC(c3ccccc3)NC(c3ccccc3)N2)cc(-n2c(C)cc(C)c2/C=C\C)c1. The van der Waals surface area contributed by atoms with Crippen molar-refractivity contribution in [3.05, 3.63) is 179 Å². The number of nitrogens with zero attached hydrogens (tertiary/aromatic N) is 2. The number of benzene rings is 4. The average Bonchev–Trinajstić information content (AvgIpc) is 3.60. The zero-order chi connectivity index (χ0) is 33.2. The van der Waals surface area contributed by atoms with Crippen molar-refractivity contribution in [2.45, 2.75) is 39.9 Å². The molecule has 0 spiro atoms. The number of hydrogen-bond acceptors (Lipinski definition) is 2. The summed E-state index contributed by atoms with van der Waals surface area (Å²) in [5.41, 5.74) is 13.8. The van der Waals surface area contributed by atoms with Gasteiger partial charge in [-0.3, -0.25) is 5.32 Å². The zero-order valence-electron chi connectivity index (χ0n) is 28.1. The fourth-order valence-corrected chi connectivity index (χ4v) is 7.14. The normalized spacial score (nSPS) is 16.5. The summed E-state index contributed by atoms with van der Waals surface area (Å²) >= 11 is 0. The number of hydrogen-bond donors (Lipinski definition) is 2. The third-order valence-corrected chi connectivity index (χ3v) is 9.23. The van der Waals surface area contributed by atoms with E-state index in [9.17, 15) is 0 Å². The number of allylic oxidation sites excluding steroid dienone is 2. The number of fused-ring (bicyclic) bond motifs is 1. The molecule has 7 rings (SSSR count). The van der Waals surface area contributed by atoms with Gasteiger partial charge >= 0.3 is 0 Å². The van der Waals surface area contributed by atoms with Crippen LogP contribution in [0.3, 0.4) is 0 Å². The Morgan fingerprint density at radius 2 is 1.33 bits per heavy atom. The largest absolute Gasteiger partial charge is 0.366 e. The van der Waals surface area contributed by atoms with Gasteiger partial charge in [-0.05, 0) is 92.9 Å². The lowest BCUT2D eigenvalue weighted by molar-refractivity contribution is 0.442. The Morgan fingerprint density at radius 3 is 2.02 bits per heavy atom. The molecule has 0 saturated carbocycles. The third kappa shape index (κ3) is 5.65. The van der Waals surface area contributed by atoms with Crippen molar-refractivity contribution >= 4 is 34.8 Å². The van der Waals surface area contributed by atoms with Gasteiger partial charge in [-0.1, -0.05) is 104 Å². The van der Waals surface area contributed by atoms with Crippen LogP contribution < -0.4 is 10.6 Å². The van der Waals surface area contributed by atoms with Gasteiger partial charge in [0.05, 0.1) is 17.3 Å². The molecule has 0 bridgehead atoms. The van der Waals surface area contributed by atoms with Gasteiger partial charge in [0.25, 0.3) is 0 Å². The highest BCUT2D eigenvalue weighted by Crippen LogP contribution is 2.36. The van der Waals surface area contributed by atoms with Crippen LogP contribution in [0.2, 0.25) is 0 Å². The molecule has 0 aliphatic carbocycles. The average molecular weight is 627 g/mol. The monoisotopic (exact) mass is 626 g/mol. The second-order valence-electron chi connectivity index (χ2n) is 12.4. The summed E-state index contributed by atoms with van der Waals surface area (Å²) in [6, 6.07) is 39.2. The minimum atomic E-state index is -0.0740. The lowest BCUT2D eigenvalue weighted by Gasteiger charge is -2.33. The van der Waals surface area contributed by atoms with E-state index in [4.69, 9.17) is 0 Å². The number of aromatic nitrogens is 2. The second-order valence-corrected chi connectivity index (χ2v) is 12.4. The van der Waals surface area contributed by atoms with E-state index in [1.807, 2.05) is 6.08 Å². The fraction of sp³-hybridized carbons (Fsp3) is 0.136. The highest BCUT2D eigenvalue weighted by atomic mass is 15.2. The standard InChI is InChI=1S/C44H42N4/c1-6-17-37-38-23-15-16-24-43(38)48(41(37)8-3)36-27-34(26-35(28-36)47-31(5)25-30(4)42(47)18-7-2)40-29-39(32-19-11-9-12-20-32)45-44(46-40)33-21-13-10-14-22-33/h6-29,39,44-46H,3H2,1-2,4-5H3/b17-6-,18-7-. The van der Waals surface area contributed by atoms with Crippen LogP contribution in [0.1, 0.15) is 71.0 Å². The van der Waals surface area contributed by atoms with E-state index < -0.39 is 0 Å². The van der Waals surface area contributed by atoms with Gasteiger partial charge in [0.1, 0.15) is 6.17 Å². The minimum Gasteiger partial charge on any atom is -0.366 e. The molecule has 2 aromatic heterocycles. The number of nitrogens with one attached hydrogen (secondary N) is 2. The van der Waals surface area contributed by atoms with Crippen molar-refractivity contribution in [3.8, 4) is 11.4 Å². The highest BCUT2D eigenvalue weighted by Gasteiger charge is 2.25. The molecule has 2 unspecified atom stereocenters. The molecule has 48 heavy (non-hydrogen) atoms. The number of para-hydroxylation sites is 1. The summed E-state index contributed by atoms with van der Waals surface area (Å²) in [5, 5.41) is 8.93. The maximum Gasteiger partial charge on any atom is 0.104 e. The van der Waals surface area contributed by atoms with Gasteiger partial charge in [-0.2, -0.15) is 0 Å². The predicted molar refractivity (Wildman–Crippen MR) is 204 cm³/mol. The van der Waals surface area contributed by atoms with E-state index in [-0.39, 0.29) is 12.2 Å². The zero-order valence-corrected chi connectivity index (χ0v) is 28.1. The lowest BCUT2D eigenvalue weighted by Crippen LogP contribution is -2.39. The molecular formula is C44H42N4. The molecule has 2 N–H and O–H groups in total. The molecule has 0 fully saturated rings. The van der Waals surface area contributed by atoms with Gasteiger partial charge < -0.3 is 14.5 Å².